The molecule has 0 spiro atoms. The highest BCUT2D eigenvalue weighted by molar-refractivity contribution is 5.71. The fourth-order valence-electron chi connectivity index (χ4n) is 7.28. The minimum atomic E-state index is -0.793. The second-order valence-corrected chi connectivity index (χ2v) is 17.6. The van der Waals surface area contributed by atoms with Crippen molar-refractivity contribution in [3.63, 3.8) is 0 Å². The van der Waals surface area contributed by atoms with Gasteiger partial charge in [-0.1, -0.05) is 247 Å². The Morgan fingerprint density at radius 1 is 0.328 bits per heavy atom. The Labute approximate surface area is 395 Å². The predicted octanol–water partition coefficient (Wildman–Crippen LogP) is 17.6. The SMILES string of the molecule is CC/C=C/C=C/C=C/CCCCCCCC(=O)OCC(COC(=O)CCCCCCC/C=C/C=C/C=C/C=C/CCCCC)OC(=O)CCCCCCCCCCCCCCCCC. The average Bonchev–Trinajstić information content (AvgIpc) is 3.29. The molecule has 0 amide bonds. The van der Waals surface area contributed by atoms with Gasteiger partial charge in [-0.15, -0.1) is 0 Å². The summed E-state index contributed by atoms with van der Waals surface area (Å²) >= 11 is 0. The summed E-state index contributed by atoms with van der Waals surface area (Å²) in [5, 5.41) is 0. The zero-order valence-corrected chi connectivity index (χ0v) is 41.8. The molecule has 0 heterocycles. The molecule has 0 aliphatic carbocycles. The lowest BCUT2D eigenvalue weighted by molar-refractivity contribution is -0.167. The first-order chi connectivity index (χ1) is 31.5. The van der Waals surface area contributed by atoms with E-state index in [0.717, 1.165) is 109 Å². The Morgan fingerprint density at radius 3 is 0.984 bits per heavy atom. The summed E-state index contributed by atoms with van der Waals surface area (Å²) in [5.74, 6) is -0.932. The first-order valence-corrected chi connectivity index (χ1v) is 26.7. The second-order valence-electron chi connectivity index (χ2n) is 17.6. The van der Waals surface area contributed by atoms with Crippen molar-refractivity contribution in [2.45, 2.75) is 252 Å². The number of rotatable bonds is 47. The number of hydrogen-bond donors (Lipinski definition) is 0. The monoisotopic (exact) mass is 891 g/mol. The Hall–Kier alpha value is -3.41. The number of esters is 3. The van der Waals surface area contributed by atoms with Gasteiger partial charge in [0.1, 0.15) is 13.2 Å². The van der Waals surface area contributed by atoms with Gasteiger partial charge in [-0.05, 0) is 64.2 Å². The molecule has 64 heavy (non-hydrogen) atoms. The molecular formula is C58H98O6. The Morgan fingerprint density at radius 2 is 0.609 bits per heavy atom. The molecule has 366 valence electrons. The van der Waals surface area contributed by atoms with Crippen molar-refractivity contribution in [2.75, 3.05) is 13.2 Å². The van der Waals surface area contributed by atoms with Gasteiger partial charge in [0.15, 0.2) is 6.10 Å². The summed E-state index contributed by atoms with van der Waals surface area (Å²) in [4.78, 5) is 38.0. The van der Waals surface area contributed by atoms with Crippen molar-refractivity contribution >= 4 is 17.9 Å². The van der Waals surface area contributed by atoms with E-state index in [4.69, 9.17) is 14.2 Å². The van der Waals surface area contributed by atoms with Crippen LogP contribution in [0.1, 0.15) is 245 Å². The molecule has 0 aromatic rings. The van der Waals surface area contributed by atoms with E-state index in [1.54, 1.807) is 0 Å². The van der Waals surface area contributed by atoms with Crippen molar-refractivity contribution < 1.29 is 28.6 Å². The summed E-state index contributed by atoms with van der Waals surface area (Å²) < 4.78 is 16.8. The van der Waals surface area contributed by atoms with Crippen LogP contribution < -0.4 is 0 Å². The molecule has 0 N–H and O–H groups in total. The molecule has 6 nitrogen and oxygen atoms in total. The van der Waals surface area contributed by atoms with Crippen molar-refractivity contribution in [1.82, 2.24) is 0 Å². The lowest BCUT2D eigenvalue weighted by Crippen LogP contribution is -2.30. The van der Waals surface area contributed by atoms with Crippen LogP contribution in [0.2, 0.25) is 0 Å². The molecule has 0 saturated carbocycles. The van der Waals surface area contributed by atoms with Gasteiger partial charge in [-0.2, -0.15) is 0 Å². The highest BCUT2D eigenvalue weighted by Gasteiger charge is 2.19. The van der Waals surface area contributed by atoms with Gasteiger partial charge in [0, 0.05) is 19.3 Å². The lowest BCUT2D eigenvalue weighted by Gasteiger charge is -2.18. The normalized spacial score (nSPS) is 12.7. The molecule has 1 atom stereocenters. The number of carbonyl (C=O) groups is 3. The molecular weight excluding hydrogens is 793 g/mol. The largest absolute Gasteiger partial charge is 0.462 e. The van der Waals surface area contributed by atoms with Crippen LogP contribution in [0.15, 0.2) is 85.1 Å². The average molecular weight is 891 g/mol. The molecule has 0 bridgehead atoms. The van der Waals surface area contributed by atoms with E-state index in [2.05, 4.69) is 106 Å². The van der Waals surface area contributed by atoms with Gasteiger partial charge in [0.2, 0.25) is 0 Å². The van der Waals surface area contributed by atoms with E-state index in [9.17, 15) is 14.4 Å². The molecule has 0 aromatic carbocycles. The summed E-state index contributed by atoms with van der Waals surface area (Å²) in [7, 11) is 0. The maximum atomic E-state index is 12.8. The Kier molecular flexibility index (Phi) is 49.4. The summed E-state index contributed by atoms with van der Waals surface area (Å²) in [5.41, 5.74) is 0. The summed E-state index contributed by atoms with van der Waals surface area (Å²) in [6, 6.07) is 0. The van der Waals surface area contributed by atoms with Gasteiger partial charge in [0.05, 0.1) is 0 Å². The van der Waals surface area contributed by atoms with Crippen molar-refractivity contribution in [3.8, 4) is 0 Å². The van der Waals surface area contributed by atoms with Crippen molar-refractivity contribution in [1.29, 1.82) is 0 Å². The fraction of sp³-hybridized carbons (Fsp3) is 0.707. The van der Waals surface area contributed by atoms with Crippen LogP contribution in [0.5, 0.6) is 0 Å². The van der Waals surface area contributed by atoms with Crippen LogP contribution in [-0.2, 0) is 28.6 Å². The van der Waals surface area contributed by atoms with E-state index in [0.29, 0.717) is 19.3 Å². The summed E-state index contributed by atoms with van der Waals surface area (Å²) in [6.07, 6.45) is 67.0. The molecule has 6 heteroatoms. The molecule has 0 aromatic heterocycles. The minimum Gasteiger partial charge on any atom is -0.462 e. The molecule has 0 saturated heterocycles. The molecule has 0 aliphatic rings. The van der Waals surface area contributed by atoms with E-state index in [-0.39, 0.29) is 31.1 Å². The van der Waals surface area contributed by atoms with E-state index < -0.39 is 6.10 Å². The molecule has 0 radical (unpaired) electrons. The summed E-state index contributed by atoms with van der Waals surface area (Å²) in [6.45, 7) is 6.44. The number of ether oxygens (including phenoxy) is 3. The molecule has 0 rings (SSSR count). The number of unbranched alkanes of at least 4 members (excludes halogenated alkanes) is 27. The number of carbonyl (C=O) groups excluding carboxylic acids is 3. The van der Waals surface area contributed by atoms with E-state index in [1.165, 1.54) is 96.3 Å². The van der Waals surface area contributed by atoms with Crippen LogP contribution in [0.3, 0.4) is 0 Å². The zero-order chi connectivity index (χ0) is 46.5. The van der Waals surface area contributed by atoms with Crippen LogP contribution in [0, 0.1) is 0 Å². The first-order valence-electron chi connectivity index (χ1n) is 26.7. The predicted molar refractivity (Wildman–Crippen MR) is 274 cm³/mol. The third-order valence-corrected chi connectivity index (χ3v) is 11.3. The van der Waals surface area contributed by atoms with Gasteiger partial charge in [-0.25, -0.2) is 0 Å². The van der Waals surface area contributed by atoms with Crippen LogP contribution in [0.25, 0.3) is 0 Å². The van der Waals surface area contributed by atoms with Crippen LogP contribution in [0.4, 0.5) is 0 Å². The van der Waals surface area contributed by atoms with E-state index in [1.807, 2.05) is 0 Å². The highest BCUT2D eigenvalue weighted by Crippen LogP contribution is 2.15. The fourth-order valence-corrected chi connectivity index (χ4v) is 7.28. The molecule has 0 aliphatic heterocycles. The van der Waals surface area contributed by atoms with Gasteiger partial charge >= 0.3 is 17.9 Å². The van der Waals surface area contributed by atoms with Crippen LogP contribution in [-0.4, -0.2) is 37.2 Å². The quantitative estimate of drug-likeness (QED) is 0.0262. The lowest BCUT2D eigenvalue weighted by atomic mass is 10.0. The minimum absolute atomic E-state index is 0.0940. The Balaban J connectivity index is 4.45. The third-order valence-electron chi connectivity index (χ3n) is 11.3. The highest BCUT2D eigenvalue weighted by atomic mass is 16.6. The number of allylic oxidation sites excluding steroid dienone is 14. The topological polar surface area (TPSA) is 78.9 Å². The van der Waals surface area contributed by atoms with Gasteiger partial charge in [0.25, 0.3) is 0 Å². The van der Waals surface area contributed by atoms with Crippen molar-refractivity contribution in [3.05, 3.63) is 85.1 Å². The van der Waals surface area contributed by atoms with E-state index >= 15 is 0 Å². The molecule has 0 fully saturated rings. The third kappa shape index (κ3) is 49.6. The first kappa shape index (κ1) is 60.6. The smallest absolute Gasteiger partial charge is 0.306 e. The maximum Gasteiger partial charge on any atom is 0.306 e. The Bertz CT molecular complexity index is 1250. The second kappa shape index (κ2) is 52.2. The van der Waals surface area contributed by atoms with Gasteiger partial charge in [-0.3, -0.25) is 14.4 Å². The van der Waals surface area contributed by atoms with Crippen molar-refractivity contribution in [2.24, 2.45) is 0 Å². The number of hydrogen-bond acceptors (Lipinski definition) is 6. The maximum absolute atomic E-state index is 12.8. The van der Waals surface area contributed by atoms with Gasteiger partial charge < -0.3 is 14.2 Å². The zero-order valence-electron chi connectivity index (χ0n) is 41.8. The molecule has 1 unspecified atom stereocenters. The standard InChI is InChI=1S/C58H98O6/c1-4-7-10-13-16-19-22-25-27-28-29-31-33-36-39-42-45-48-51-57(60)63-54-55(53-62-56(59)50-47-44-41-38-35-32-24-21-18-15-12-9-6-3)64-58(61)52-49-46-43-40-37-34-30-26-23-20-17-14-11-8-5-2/h9,12,15-16,18-19,21-22,24-25,27-29,31,55H,4-8,10-11,13-14,17,20,23,26,30,32-54H2,1-3H3/b12-9+,18-15+,19-16+,24-21+,25-22+,28-27+,31-29+. The van der Waals surface area contributed by atoms with Crippen LogP contribution >= 0.6 is 0 Å².